The van der Waals surface area contributed by atoms with Crippen molar-refractivity contribution in [2.75, 3.05) is 7.11 Å². The fraction of sp³-hybridized carbons (Fsp3) is 0.462. The number of ether oxygens (including phenoxy) is 2. The van der Waals surface area contributed by atoms with Crippen LogP contribution in [-0.4, -0.2) is 49.1 Å². The second-order valence-electron chi connectivity index (χ2n) is 10.5. The van der Waals surface area contributed by atoms with Gasteiger partial charge in [0.25, 0.3) is 0 Å². The predicted octanol–water partition coefficient (Wildman–Crippen LogP) is 4.72. The zero-order valence-corrected chi connectivity index (χ0v) is 23.8. The van der Waals surface area contributed by atoms with Gasteiger partial charge in [-0.05, 0) is 76.9 Å². The highest BCUT2D eigenvalue weighted by molar-refractivity contribution is 7.99. The van der Waals surface area contributed by atoms with Crippen molar-refractivity contribution < 1.29 is 32.6 Å². The standard InChI is InChI=1S/C26H36N2O7S2/c1-25(2,3)28-37(32,33)20-10-8-9-18(15-20)21(27-24(31)35-26(4,5)6)22(23(29)30)36-16-17-11-13-19(34-7)14-12-17/h8-15,21-22,28H,16H2,1-7H3,(H,27,31)(H,29,30)/t21-,22?/m1/s1. The van der Waals surface area contributed by atoms with Gasteiger partial charge in [-0.15, -0.1) is 11.8 Å². The first-order valence-electron chi connectivity index (χ1n) is 11.6. The summed E-state index contributed by atoms with van der Waals surface area (Å²) in [6.45, 7) is 10.2. The van der Waals surface area contributed by atoms with Gasteiger partial charge < -0.3 is 19.9 Å². The summed E-state index contributed by atoms with van der Waals surface area (Å²) in [5.41, 5.74) is -0.359. The van der Waals surface area contributed by atoms with Gasteiger partial charge in [0.2, 0.25) is 10.0 Å². The Kier molecular flexibility index (Phi) is 10.0. The van der Waals surface area contributed by atoms with E-state index in [1.807, 2.05) is 12.1 Å². The van der Waals surface area contributed by atoms with Crippen LogP contribution in [0.3, 0.4) is 0 Å². The van der Waals surface area contributed by atoms with Gasteiger partial charge in [-0.2, -0.15) is 0 Å². The van der Waals surface area contributed by atoms with Crippen LogP contribution >= 0.6 is 11.8 Å². The third-order valence-electron chi connectivity index (χ3n) is 4.78. The Hall–Kier alpha value is -2.76. The van der Waals surface area contributed by atoms with E-state index < -0.39 is 44.5 Å². The quantitative estimate of drug-likeness (QED) is 0.386. The predicted molar refractivity (Wildman–Crippen MR) is 144 cm³/mol. The SMILES string of the molecule is COc1ccc(CSC(C(=O)O)[C@H](NC(=O)OC(C)(C)C)c2cccc(S(=O)(=O)NC(C)(C)C)c2)cc1. The molecule has 2 aromatic carbocycles. The molecular formula is C26H36N2O7S2. The first kappa shape index (κ1) is 30.5. The monoisotopic (exact) mass is 552 g/mol. The molecule has 1 unspecified atom stereocenters. The van der Waals surface area contributed by atoms with Crippen molar-refractivity contribution in [2.24, 2.45) is 0 Å². The molecule has 0 aliphatic heterocycles. The number of sulfonamides is 1. The van der Waals surface area contributed by atoms with E-state index in [2.05, 4.69) is 10.0 Å². The van der Waals surface area contributed by atoms with Crippen molar-refractivity contribution >= 4 is 33.8 Å². The third kappa shape index (κ3) is 9.90. The van der Waals surface area contributed by atoms with Gasteiger partial charge in [-0.3, -0.25) is 4.79 Å². The van der Waals surface area contributed by atoms with Crippen molar-refractivity contribution in [1.29, 1.82) is 0 Å². The summed E-state index contributed by atoms with van der Waals surface area (Å²) in [6, 6.07) is 12.0. The van der Waals surface area contributed by atoms with Gasteiger partial charge in [0, 0.05) is 11.3 Å². The molecule has 0 aliphatic rings. The maximum absolute atomic E-state index is 12.9. The van der Waals surface area contributed by atoms with Gasteiger partial charge in [0.05, 0.1) is 18.0 Å². The zero-order valence-electron chi connectivity index (χ0n) is 22.2. The number of hydrogen-bond donors (Lipinski definition) is 3. The molecule has 204 valence electrons. The van der Waals surface area contributed by atoms with Gasteiger partial charge in [0.1, 0.15) is 16.6 Å². The molecule has 0 bridgehead atoms. The fourth-order valence-corrected chi connectivity index (χ4v) is 5.92. The number of benzene rings is 2. The topological polar surface area (TPSA) is 131 Å². The molecule has 0 saturated carbocycles. The molecule has 0 saturated heterocycles. The maximum Gasteiger partial charge on any atom is 0.408 e. The molecule has 0 spiro atoms. The molecule has 2 rings (SSSR count). The molecule has 9 nitrogen and oxygen atoms in total. The lowest BCUT2D eigenvalue weighted by atomic mass is 10.0. The summed E-state index contributed by atoms with van der Waals surface area (Å²) in [6.07, 6.45) is -0.810. The number of nitrogens with one attached hydrogen (secondary N) is 2. The Bertz CT molecular complexity index is 1180. The first-order chi connectivity index (χ1) is 17.0. The van der Waals surface area contributed by atoms with Crippen LogP contribution in [0.1, 0.15) is 58.7 Å². The van der Waals surface area contributed by atoms with Gasteiger partial charge >= 0.3 is 12.1 Å². The van der Waals surface area contributed by atoms with E-state index in [-0.39, 0.29) is 4.90 Å². The lowest BCUT2D eigenvalue weighted by Crippen LogP contribution is -2.42. The molecule has 0 heterocycles. The fourth-order valence-electron chi connectivity index (χ4n) is 3.32. The van der Waals surface area contributed by atoms with Crippen LogP contribution < -0.4 is 14.8 Å². The number of thioether (sulfide) groups is 1. The number of amides is 1. The maximum atomic E-state index is 12.9. The van der Waals surface area contributed by atoms with E-state index in [0.29, 0.717) is 17.1 Å². The lowest BCUT2D eigenvalue weighted by Gasteiger charge is -2.28. The molecule has 3 N–H and O–H groups in total. The number of carboxylic acids is 1. The van der Waals surface area contributed by atoms with Crippen molar-refractivity contribution in [2.45, 2.75) is 74.6 Å². The van der Waals surface area contributed by atoms with Crippen molar-refractivity contribution in [1.82, 2.24) is 10.0 Å². The largest absolute Gasteiger partial charge is 0.497 e. The van der Waals surface area contributed by atoms with Crippen LogP contribution in [0.4, 0.5) is 4.79 Å². The highest BCUT2D eigenvalue weighted by atomic mass is 32.2. The Labute approximate surface area is 223 Å². The van der Waals surface area contributed by atoms with E-state index in [1.165, 1.54) is 18.2 Å². The van der Waals surface area contributed by atoms with Gasteiger partial charge in [-0.25, -0.2) is 17.9 Å². The van der Waals surface area contributed by atoms with Crippen LogP contribution in [0.2, 0.25) is 0 Å². The number of methoxy groups -OCH3 is 1. The van der Waals surface area contributed by atoms with Crippen LogP contribution in [-0.2, 0) is 25.3 Å². The molecule has 0 aromatic heterocycles. The van der Waals surface area contributed by atoms with E-state index >= 15 is 0 Å². The average molecular weight is 553 g/mol. The molecule has 37 heavy (non-hydrogen) atoms. The molecule has 2 aromatic rings. The number of rotatable bonds is 10. The minimum Gasteiger partial charge on any atom is -0.497 e. The molecule has 2 atom stereocenters. The van der Waals surface area contributed by atoms with E-state index in [1.54, 1.807) is 66.9 Å². The normalized spacial score (nSPS) is 13.9. The smallest absolute Gasteiger partial charge is 0.408 e. The van der Waals surface area contributed by atoms with Crippen molar-refractivity contribution in [3.05, 3.63) is 59.7 Å². The minimum atomic E-state index is -3.90. The molecule has 0 fully saturated rings. The summed E-state index contributed by atoms with van der Waals surface area (Å²) in [7, 11) is -2.34. The molecule has 1 amide bonds. The Balaban J connectivity index is 2.45. The molecule has 11 heteroatoms. The van der Waals surface area contributed by atoms with E-state index in [0.717, 1.165) is 17.3 Å². The summed E-state index contributed by atoms with van der Waals surface area (Å²) in [5, 5.41) is 11.6. The van der Waals surface area contributed by atoms with Gasteiger partial charge in [0.15, 0.2) is 0 Å². The number of carboxylic acid groups (broad SMARTS) is 1. The van der Waals surface area contributed by atoms with Crippen molar-refractivity contribution in [3.63, 3.8) is 0 Å². The summed E-state index contributed by atoms with van der Waals surface area (Å²) in [4.78, 5) is 25.1. The lowest BCUT2D eigenvalue weighted by molar-refractivity contribution is -0.136. The van der Waals surface area contributed by atoms with E-state index in [9.17, 15) is 23.1 Å². The number of carbonyl (C=O) groups excluding carboxylic acids is 1. The first-order valence-corrected chi connectivity index (χ1v) is 14.1. The highest BCUT2D eigenvalue weighted by Gasteiger charge is 2.34. The second kappa shape index (κ2) is 12.2. The molecular weight excluding hydrogens is 516 g/mol. The minimum absolute atomic E-state index is 0.0415. The Morgan fingerprint density at radius 1 is 1.03 bits per heavy atom. The summed E-state index contributed by atoms with van der Waals surface area (Å²) < 4.78 is 39.0. The van der Waals surface area contributed by atoms with E-state index in [4.69, 9.17) is 9.47 Å². The summed E-state index contributed by atoms with van der Waals surface area (Å²) >= 11 is 1.11. The number of carbonyl (C=O) groups is 2. The number of aliphatic carboxylic acids is 1. The molecule has 0 aliphatic carbocycles. The Morgan fingerprint density at radius 3 is 2.16 bits per heavy atom. The van der Waals surface area contributed by atoms with Crippen LogP contribution in [0.15, 0.2) is 53.4 Å². The zero-order chi connectivity index (χ0) is 28.0. The number of alkyl carbamates (subject to hydrolysis) is 1. The van der Waals surface area contributed by atoms with Crippen molar-refractivity contribution in [3.8, 4) is 5.75 Å². The molecule has 0 radical (unpaired) electrons. The number of hydrogen-bond acceptors (Lipinski definition) is 7. The third-order valence-corrected chi connectivity index (χ3v) is 7.86. The van der Waals surface area contributed by atoms with Crippen LogP contribution in [0, 0.1) is 0 Å². The van der Waals surface area contributed by atoms with Crippen LogP contribution in [0.5, 0.6) is 5.75 Å². The van der Waals surface area contributed by atoms with Crippen LogP contribution in [0.25, 0.3) is 0 Å². The highest BCUT2D eigenvalue weighted by Crippen LogP contribution is 2.32. The average Bonchev–Trinajstić information content (AvgIpc) is 2.76. The summed E-state index contributed by atoms with van der Waals surface area (Å²) in [5.74, 6) is -0.160. The van der Waals surface area contributed by atoms with Gasteiger partial charge in [-0.1, -0.05) is 24.3 Å². The Morgan fingerprint density at radius 2 is 1.65 bits per heavy atom. The second-order valence-corrected chi connectivity index (χ2v) is 13.3.